The highest BCUT2D eigenvalue weighted by molar-refractivity contribution is 6.30. The zero-order valence-corrected chi connectivity index (χ0v) is 12.1. The third-order valence-electron chi connectivity index (χ3n) is 3.17. The molecule has 1 saturated heterocycles. The summed E-state index contributed by atoms with van der Waals surface area (Å²) in [5.74, 6) is -0.543. The average Bonchev–Trinajstić information content (AvgIpc) is 2.83. The number of benzene rings is 1. The quantitative estimate of drug-likeness (QED) is 0.871. The van der Waals surface area contributed by atoms with Crippen molar-refractivity contribution in [1.29, 1.82) is 0 Å². The van der Waals surface area contributed by atoms with Gasteiger partial charge in [0.15, 0.2) is 5.79 Å². The van der Waals surface area contributed by atoms with Crippen LogP contribution in [0.2, 0.25) is 5.02 Å². The smallest absolute Gasteiger partial charge is 0.178 e. The molecule has 0 amide bonds. The van der Waals surface area contributed by atoms with Crippen LogP contribution in [-0.4, -0.2) is 39.3 Å². The summed E-state index contributed by atoms with van der Waals surface area (Å²) < 4.78 is 16.4. The number of halogens is 1. The molecular weight excluding hydrogens is 266 g/mol. The Bertz CT molecular complexity index is 390. The average molecular weight is 286 g/mol. The maximum atomic E-state index is 5.90. The molecule has 106 valence electrons. The predicted molar refractivity (Wildman–Crippen MR) is 74.4 cm³/mol. The Labute approximate surface area is 119 Å². The van der Waals surface area contributed by atoms with Gasteiger partial charge in [-0.3, -0.25) is 0 Å². The van der Waals surface area contributed by atoms with E-state index in [4.69, 9.17) is 25.8 Å². The molecule has 0 radical (unpaired) electrons. The van der Waals surface area contributed by atoms with Crippen molar-refractivity contribution in [2.24, 2.45) is 0 Å². The fraction of sp³-hybridized carbons (Fsp3) is 0.571. The normalized spacial score (nSPS) is 19.5. The SMILES string of the molecule is COCC(NCC1(C)OCCO1)c1ccc(Cl)cc1. The van der Waals surface area contributed by atoms with Gasteiger partial charge in [0.25, 0.3) is 0 Å². The summed E-state index contributed by atoms with van der Waals surface area (Å²) in [5.41, 5.74) is 1.13. The summed E-state index contributed by atoms with van der Waals surface area (Å²) >= 11 is 5.90. The van der Waals surface area contributed by atoms with Crippen LogP contribution in [0, 0.1) is 0 Å². The van der Waals surface area contributed by atoms with E-state index in [1.165, 1.54) is 0 Å². The minimum atomic E-state index is -0.543. The molecule has 2 rings (SSSR count). The molecule has 19 heavy (non-hydrogen) atoms. The Hall–Kier alpha value is -0.650. The standard InChI is InChI=1S/C14H20ClNO3/c1-14(18-7-8-19-14)10-16-13(9-17-2)11-3-5-12(15)6-4-11/h3-6,13,16H,7-10H2,1-2H3. The second-order valence-electron chi connectivity index (χ2n) is 4.77. The van der Waals surface area contributed by atoms with Crippen LogP contribution >= 0.6 is 11.6 Å². The Kier molecular flexibility index (Phi) is 5.19. The molecule has 1 aromatic rings. The van der Waals surface area contributed by atoms with Crippen molar-refractivity contribution in [3.8, 4) is 0 Å². The van der Waals surface area contributed by atoms with Gasteiger partial charge in [-0.1, -0.05) is 23.7 Å². The zero-order chi connectivity index (χ0) is 13.7. The fourth-order valence-electron chi connectivity index (χ4n) is 2.10. The minimum Gasteiger partial charge on any atom is -0.383 e. The second kappa shape index (κ2) is 6.68. The lowest BCUT2D eigenvalue weighted by Gasteiger charge is -2.26. The minimum absolute atomic E-state index is 0.0897. The van der Waals surface area contributed by atoms with E-state index in [2.05, 4.69) is 5.32 Å². The summed E-state index contributed by atoms with van der Waals surface area (Å²) in [5, 5.41) is 4.15. The third kappa shape index (κ3) is 4.16. The second-order valence-corrected chi connectivity index (χ2v) is 5.21. The highest BCUT2D eigenvalue weighted by Gasteiger charge is 2.31. The van der Waals surface area contributed by atoms with Crippen molar-refractivity contribution in [3.63, 3.8) is 0 Å². The summed E-state index contributed by atoms with van der Waals surface area (Å²) in [4.78, 5) is 0. The van der Waals surface area contributed by atoms with E-state index in [1.807, 2.05) is 31.2 Å². The molecule has 0 saturated carbocycles. The molecule has 0 aromatic heterocycles. The Morgan fingerprint density at radius 3 is 2.53 bits per heavy atom. The summed E-state index contributed by atoms with van der Waals surface area (Å²) in [7, 11) is 1.69. The molecule has 4 nitrogen and oxygen atoms in total. The molecule has 1 N–H and O–H groups in total. The zero-order valence-electron chi connectivity index (χ0n) is 11.3. The molecular formula is C14H20ClNO3. The van der Waals surface area contributed by atoms with Gasteiger partial charge in [0.1, 0.15) is 0 Å². The molecule has 0 aliphatic carbocycles. The fourth-order valence-corrected chi connectivity index (χ4v) is 2.23. The van der Waals surface area contributed by atoms with Crippen molar-refractivity contribution in [2.75, 3.05) is 33.5 Å². The van der Waals surface area contributed by atoms with Gasteiger partial charge in [-0.15, -0.1) is 0 Å². The van der Waals surface area contributed by atoms with Gasteiger partial charge >= 0.3 is 0 Å². The lowest BCUT2D eigenvalue weighted by molar-refractivity contribution is -0.139. The molecule has 1 aliphatic heterocycles. The van der Waals surface area contributed by atoms with Crippen molar-refractivity contribution < 1.29 is 14.2 Å². The number of nitrogens with one attached hydrogen (secondary N) is 1. The summed E-state index contributed by atoms with van der Waals surface area (Å²) in [6, 6.07) is 7.85. The first-order valence-electron chi connectivity index (χ1n) is 6.39. The van der Waals surface area contributed by atoms with Gasteiger partial charge in [-0.2, -0.15) is 0 Å². The van der Waals surface area contributed by atoms with Crippen molar-refractivity contribution in [3.05, 3.63) is 34.9 Å². The monoisotopic (exact) mass is 285 g/mol. The van der Waals surface area contributed by atoms with E-state index < -0.39 is 5.79 Å². The van der Waals surface area contributed by atoms with E-state index in [0.29, 0.717) is 26.4 Å². The molecule has 0 bridgehead atoms. The van der Waals surface area contributed by atoms with E-state index in [1.54, 1.807) is 7.11 Å². The molecule has 1 fully saturated rings. The third-order valence-corrected chi connectivity index (χ3v) is 3.43. The lowest BCUT2D eigenvalue weighted by atomic mass is 10.1. The van der Waals surface area contributed by atoms with E-state index in [-0.39, 0.29) is 6.04 Å². The molecule has 1 aromatic carbocycles. The molecule has 5 heteroatoms. The maximum absolute atomic E-state index is 5.90. The largest absolute Gasteiger partial charge is 0.383 e. The van der Waals surface area contributed by atoms with Crippen LogP contribution in [0.4, 0.5) is 0 Å². The van der Waals surface area contributed by atoms with Crippen LogP contribution in [0.25, 0.3) is 0 Å². The first kappa shape index (κ1) is 14.8. The summed E-state index contributed by atoms with van der Waals surface area (Å²) in [6.07, 6.45) is 0. The Morgan fingerprint density at radius 1 is 1.32 bits per heavy atom. The molecule has 1 unspecified atom stereocenters. The predicted octanol–water partition coefficient (Wildman–Crippen LogP) is 2.38. The Morgan fingerprint density at radius 2 is 1.95 bits per heavy atom. The highest BCUT2D eigenvalue weighted by Crippen LogP contribution is 2.21. The van der Waals surface area contributed by atoms with Gasteiger partial charge in [0.05, 0.1) is 32.4 Å². The molecule has 1 atom stereocenters. The van der Waals surface area contributed by atoms with Gasteiger partial charge in [0.2, 0.25) is 0 Å². The van der Waals surface area contributed by atoms with Crippen LogP contribution in [0.3, 0.4) is 0 Å². The van der Waals surface area contributed by atoms with Crippen molar-refractivity contribution in [1.82, 2.24) is 5.32 Å². The van der Waals surface area contributed by atoms with Crippen molar-refractivity contribution >= 4 is 11.6 Å². The van der Waals surface area contributed by atoms with Crippen LogP contribution < -0.4 is 5.32 Å². The van der Waals surface area contributed by atoms with E-state index in [9.17, 15) is 0 Å². The van der Waals surface area contributed by atoms with Crippen LogP contribution in [-0.2, 0) is 14.2 Å². The number of hydrogen-bond acceptors (Lipinski definition) is 4. The van der Waals surface area contributed by atoms with Gasteiger partial charge < -0.3 is 19.5 Å². The number of methoxy groups -OCH3 is 1. The Balaban J connectivity index is 1.97. The first-order valence-corrected chi connectivity index (χ1v) is 6.76. The highest BCUT2D eigenvalue weighted by atomic mass is 35.5. The van der Waals surface area contributed by atoms with Crippen LogP contribution in [0.1, 0.15) is 18.5 Å². The lowest BCUT2D eigenvalue weighted by Crippen LogP contribution is -2.41. The van der Waals surface area contributed by atoms with Crippen molar-refractivity contribution in [2.45, 2.75) is 18.8 Å². The van der Waals surface area contributed by atoms with Gasteiger partial charge in [0, 0.05) is 12.1 Å². The maximum Gasteiger partial charge on any atom is 0.178 e. The number of rotatable bonds is 6. The van der Waals surface area contributed by atoms with Gasteiger partial charge in [-0.05, 0) is 24.6 Å². The van der Waals surface area contributed by atoms with E-state index >= 15 is 0 Å². The van der Waals surface area contributed by atoms with Crippen LogP contribution in [0.5, 0.6) is 0 Å². The number of ether oxygens (including phenoxy) is 3. The van der Waals surface area contributed by atoms with Gasteiger partial charge in [-0.25, -0.2) is 0 Å². The first-order chi connectivity index (χ1) is 9.13. The number of hydrogen-bond donors (Lipinski definition) is 1. The molecule has 0 spiro atoms. The molecule has 1 aliphatic rings. The summed E-state index contributed by atoms with van der Waals surface area (Å²) in [6.45, 7) is 4.43. The van der Waals surface area contributed by atoms with E-state index in [0.717, 1.165) is 10.6 Å². The topological polar surface area (TPSA) is 39.7 Å². The molecule has 1 heterocycles. The van der Waals surface area contributed by atoms with Crippen LogP contribution in [0.15, 0.2) is 24.3 Å².